The number of nitrogen functional groups attached to an aromatic ring is 1. The second kappa shape index (κ2) is 6.50. The van der Waals surface area contributed by atoms with Gasteiger partial charge in [-0.3, -0.25) is 4.79 Å². The van der Waals surface area contributed by atoms with Crippen molar-refractivity contribution in [1.82, 2.24) is 5.32 Å². The minimum absolute atomic E-state index is 0.00910. The average Bonchev–Trinajstić information content (AvgIpc) is 2.87. The first-order chi connectivity index (χ1) is 9.92. The predicted octanol–water partition coefficient (Wildman–Crippen LogP) is 3.91. The van der Waals surface area contributed by atoms with E-state index in [2.05, 4.69) is 19.2 Å². The van der Waals surface area contributed by atoms with Crippen LogP contribution in [0.15, 0.2) is 18.2 Å². The number of nitrogens with two attached hydrogens (primary N) is 1. The van der Waals surface area contributed by atoms with E-state index in [0.29, 0.717) is 22.6 Å². The second-order valence-electron chi connectivity index (χ2n) is 7.06. The summed E-state index contributed by atoms with van der Waals surface area (Å²) in [6, 6.07) is 5.52. The van der Waals surface area contributed by atoms with Crippen molar-refractivity contribution in [1.29, 1.82) is 0 Å². The lowest BCUT2D eigenvalue weighted by Gasteiger charge is -2.31. The van der Waals surface area contributed by atoms with Gasteiger partial charge in [0.25, 0.3) is 5.91 Å². The molecule has 0 radical (unpaired) electrons. The van der Waals surface area contributed by atoms with Gasteiger partial charge in [-0.25, -0.2) is 0 Å². The summed E-state index contributed by atoms with van der Waals surface area (Å²) in [7, 11) is 0. The molecule has 0 saturated heterocycles. The highest BCUT2D eigenvalue weighted by atomic mass is 16.1. The monoisotopic (exact) mass is 288 g/mol. The van der Waals surface area contributed by atoms with Gasteiger partial charge in [0.2, 0.25) is 0 Å². The Hall–Kier alpha value is -1.51. The summed E-state index contributed by atoms with van der Waals surface area (Å²) in [5.74, 6) is 0.684. The SMILES string of the molecule is Cc1ccc(N)cc1C(=O)NCC1(CC(C)C)CCCC1. The first kappa shape index (κ1) is 15.9. The Morgan fingerprint density at radius 1 is 1.33 bits per heavy atom. The van der Waals surface area contributed by atoms with E-state index in [9.17, 15) is 4.79 Å². The van der Waals surface area contributed by atoms with Crippen molar-refractivity contribution in [3.8, 4) is 0 Å². The van der Waals surface area contributed by atoms with Gasteiger partial charge in [0.15, 0.2) is 0 Å². The topological polar surface area (TPSA) is 55.1 Å². The molecule has 0 heterocycles. The number of amides is 1. The molecule has 1 fully saturated rings. The summed E-state index contributed by atoms with van der Waals surface area (Å²) >= 11 is 0. The fourth-order valence-electron chi connectivity index (χ4n) is 3.69. The van der Waals surface area contributed by atoms with E-state index in [1.807, 2.05) is 19.1 Å². The van der Waals surface area contributed by atoms with Crippen LogP contribution in [0.2, 0.25) is 0 Å². The molecule has 0 spiro atoms. The van der Waals surface area contributed by atoms with E-state index in [0.717, 1.165) is 12.1 Å². The Balaban J connectivity index is 2.03. The summed E-state index contributed by atoms with van der Waals surface area (Å²) in [6.45, 7) is 7.28. The molecule has 1 saturated carbocycles. The Bertz CT molecular complexity index is 502. The molecule has 1 aliphatic rings. The zero-order chi connectivity index (χ0) is 15.5. The van der Waals surface area contributed by atoms with Crippen LogP contribution in [0.1, 0.15) is 61.9 Å². The van der Waals surface area contributed by atoms with Gasteiger partial charge >= 0.3 is 0 Å². The molecule has 3 N–H and O–H groups in total. The van der Waals surface area contributed by atoms with Crippen LogP contribution >= 0.6 is 0 Å². The van der Waals surface area contributed by atoms with Gasteiger partial charge in [-0.05, 0) is 55.2 Å². The standard InChI is InChI=1S/C18H28N2O/c1-13(2)11-18(8-4-5-9-18)12-20-17(21)16-10-15(19)7-6-14(16)3/h6-7,10,13H,4-5,8-9,11-12,19H2,1-3H3,(H,20,21). The first-order valence-electron chi connectivity index (χ1n) is 8.06. The number of hydrogen-bond acceptors (Lipinski definition) is 2. The number of anilines is 1. The molecular formula is C18H28N2O. The molecule has 2 rings (SSSR count). The summed E-state index contributed by atoms with van der Waals surface area (Å²) < 4.78 is 0. The maximum absolute atomic E-state index is 12.4. The van der Waals surface area contributed by atoms with E-state index < -0.39 is 0 Å². The van der Waals surface area contributed by atoms with E-state index in [-0.39, 0.29) is 5.91 Å². The smallest absolute Gasteiger partial charge is 0.251 e. The van der Waals surface area contributed by atoms with Crippen LogP contribution in [0.25, 0.3) is 0 Å². The molecule has 1 aromatic rings. The Morgan fingerprint density at radius 3 is 2.62 bits per heavy atom. The van der Waals surface area contributed by atoms with Crippen LogP contribution in [0.4, 0.5) is 5.69 Å². The summed E-state index contributed by atoms with van der Waals surface area (Å²) in [6.07, 6.45) is 6.26. The van der Waals surface area contributed by atoms with Gasteiger partial charge in [-0.1, -0.05) is 32.8 Å². The first-order valence-corrected chi connectivity index (χ1v) is 8.06. The third-order valence-corrected chi connectivity index (χ3v) is 4.64. The fraction of sp³-hybridized carbons (Fsp3) is 0.611. The molecule has 1 amide bonds. The number of aryl methyl sites for hydroxylation is 1. The highest BCUT2D eigenvalue weighted by Crippen LogP contribution is 2.42. The lowest BCUT2D eigenvalue weighted by molar-refractivity contribution is 0.0921. The highest BCUT2D eigenvalue weighted by Gasteiger charge is 2.34. The molecule has 0 aromatic heterocycles. The highest BCUT2D eigenvalue weighted by molar-refractivity contribution is 5.96. The molecule has 0 atom stereocenters. The minimum Gasteiger partial charge on any atom is -0.399 e. The quantitative estimate of drug-likeness (QED) is 0.807. The number of rotatable bonds is 5. The fourth-order valence-corrected chi connectivity index (χ4v) is 3.69. The van der Waals surface area contributed by atoms with Gasteiger partial charge < -0.3 is 11.1 Å². The average molecular weight is 288 g/mol. The van der Waals surface area contributed by atoms with Gasteiger partial charge in [-0.2, -0.15) is 0 Å². The minimum atomic E-state index is 0.00910. The number of hydrogen-bond donors (Lipinski definition) is 2. The molecule has 116 valence electrons. The Labute approximate surface area is 128 Å². The molecule has 21 heavy (non-hydrogen) atoms. The largest absolute Gasteiger partial charge is 0.399 e. The van der Waals surface area contributed by atoms with Gasteiger partial charge in [-0.15, -0.1) is 0 Å². The van der Waals surface area contributed by atoms with Crippen molar-refractivity contribution in [2.75, 3.05) is 12.3 Å². The number of nitrogens with one attached hydrogen (secondary N) is 1. The maximum Gasteiger partial charge on any atom is 0.251 e. The van der Waals surface area contributed by atoms with Crippen LogP contribution in [0, 0.1) is 18.3 Å². The Kier molecular flexibility index (Phi) is 4.92. The van der Waals surface area contributed by atoms with Crippen molar-refractivity contribution in [3.05, 3.63) is 29.3 Å². The normalized spacial score (nSPS) is 17.1. The zero-order valence-electron chi connectivity index (χ0n) is 13.5. The molecule has 3 nitrogen and oxygen atoms in total. The predicted molar refractivity (Wildman–Crippen MR) is 88.3 cm³/mol. The number of carbonyl (C=O) groups excluding carboxylic acids is 1. The van der Waals surface area contributed by atoms with Crippen molar-refractivity contribution in [3.63, 3.8) is 0 Å². The van der Waals surface area contributed by atoms with Crippen LogP contribution < -0.4 is 11.1 Å². The van der Waals surface area contributed by atoms with Gasteiger partial charge in [0.1, 0.15) is 0 Å². The molecule has 1 aromatic carbocycles. The lowest BCUT2D eigenvalue weighted by Crippen LogP contribution is -2.37. The van der Waals surface area contributed by atoms with Crippen LogP contribution in [-0.2, 0) is 0 Å². The van der Waals surface area contributed by atoms with Crippen molar-refractivity contribution < 1.29 is 4.79 Å². The third-order valence-electron chi connectivity index (χ3n) is 4.64. The van der Waals surface area contributed by atoms with E-state index in [4.69, 9.17) is 5.73 Å². The zero-order valence-corrected chi connectivity index (χ0v) is 13.5. The molecule has 1 aliphatic carbocycles. The number of carbonyl (C=O) groups is 1. The molecular weight excluding hydrogens is 260 g/mol. The van der Waals surface area contributed by atoms with E-state index >= 15 is 0 Å². The van der Waals surface area contributed by atoms with E-state index in [1.54, 1.807) is 6.07 Å². The lowest BCUT2D eigenvalue weighted by atomic mass is 9.78. The summed E-state index contributed by atoms with van der Waals surface area (Å²) in [5, 5.41) is 3.16. The second-order valence-corrected chi connectivity index (χ2v) is 7.06. The van der Waals surface area contributed by atoms with Crippen molar-refractivity contribution in [2.45, 2.75) is 52.9 Å². The molecule has 0 aliphatic heterocycles. The third kappa shape index (κ3) is 3.99. The molecule has 0 unspecified atom stereocenters. The van der Waals surface area contributed by atoms with Crippen molar-refractivity contribution in [2.24, 2.45) is 11.3 Å². The van der Waals surface area contributed by atoms with Gasteiger partial charge in [0, 0.05) is 17.8 Å². The Morgan fingerprint density at radius 2 is 2.00 bits per heavy atom. The molecule has 0 bridgehead atoms. The molecule has 3 heteroatoms. The van der Waals surface area contributed by atoms with Crippen LogP contribution in [0.5, 0.6) is 0 Å². The summed E-state index contributed by atoms with van der Waals surface area (Å²) in [4.78, 5) is 12.4. The maximum atomic E-state index is 12.4. The van der Waals surface area contributed by atoms with Gasteiger partial charge in [0.05, 0.1) is 0 Å². The van der Waals surface area contributed by atoms with Crippen LogP contribution in [-0.4, -0.2) is 12.5 Å². The number of benzene rings is 1. The van der Waals surface area contributed by atoms with Crippen molar-refractivity contribution >= 4 is 11.6 Å². The van der Waals surface area contributed by atoms with E-state index in [1.165, 1.54) is 32.1 Å². The summed E-state index contributed by atoms with van der Waals surface area (Å²) in [5.41, 5.74) is 8.42. The van der Waals surface area contributed by atoms with Crippen LogP contribution in [0.3, 0.4) is 0 Å².